The summed E-state index contributed by atoms with van der Waals surface area (Å²) in [6, 6.07) is 17.1. The van der Waals surface area contributed by atoms with Crippen molar-refractivity contribution in [1.82, 2.24) is 4.98 Å². The molecule has 1 aliphatic heterocycles. The van der Waals surface area contributed by atoms with Crippen LogP contribution >= 0.6 is 22.9 Å². The number of benzene rings is 2. The molecular weight excluding hydrogens is 380 g/mol. The smallest absolute Gasteiger partial charge is 0.261 e. The number of halogens is 1. The third-order valence-corrected chi connectivity index (χ3v) is 5.75. The van der Waals surface area contributed by atoms with E-state index in [1.54, 1.807) is 17.0 Å². The fourth-order valence-corrected chi connectivity index (χ4v) is 4.21. The van der Waals surface area contributed by atoms with Gasteiger partial charge in [0.2, 0.25) is 0 Å². The molecule has 1 aromatic heterocycles. The number of rotatable bonds is 5. The molecule has 0 aliphatic carbocycles. The van der Waals surface area contributed by atoms with E-state index < -0.39 is 0 Å². The van der Waals surface area contributed by atoms with Crippen LogP contribution in [-0.4, -0.2) is 30.1 Å². The summed E-state index contributed by atoms with van der Waals surface area (Å²) in [5.41, 5.74) is 2.37. The van der Waals surface area contributed by atoms with Gasteiger partial charge in [0.15, 0.2) is 5.13 Å². The van der Waals surface area contributed by atoms with Crippen molar-refractivity contribution in [2.24, 2.45) is 0 Å². The Kier molecular flexibility index (Phi) is 5.53. The van der Waals surface area contributed by atoms with Crippen molar-refractivity contribution in [3.8, 4) is 11.3 Å². The summed E-state index contributed by atoms with van der Waals surface area (Å²) in [5, 5.41) is 3.08. The van der Waals surface area contributed by atoms with Gasteiger partial charge >= 0.3 is 0 Å². The monoisotopic (exact) mass is 398 g/mol. The van der Waals surface area contributed by atoms with E-state index in [2.05, 4.69) is 0 Å². The van der Waals surface area contributed by atoms with Crippen LogP contribution in [-0.2, 0) is 4.74 Å². The lowest BCUT2D eigenvalue weighted by atomic mass is 10.1. The topological polar surface area (TPSA) is 42.4 Å². The molecule has 27 heavy (non-hydrogen) atoms. The highest BCUT2D eigenvalue weighted by Crippen LogP contribution is 2.30. The van der Waals surface area contributed by atoms with Gasteiger partial charge in [-0.25, -0.2) is 4.98 Å². The number of hydrogen-bond donors (Lipinski definition) is 0. The molecule has 6 heteroatoms. The molecule has 4 rings (SSSR count). The van der Waals surface area contributed by atoms with Crippen molar-refractivity contribution >= 4 is 34.0 Å². The molecule has 0 saturated carbocycles. The summed E-state index contributed by atoms with van der Waals surface area (Å²) in [5.74, 6) is -0.148. The first-order valence-corrected chi connectivity index (χ1v) is 10.2. The van der Waals surface area contributed by atoms with E-state index in [1.807, 2.05) is 47.8 Å². The Morgan fingerprint density at radius 3 is 2.70 bits per heavy atom. The van der Waals surface area contributed by atoms with Crippen molar-refractivity contribution in [2.75, 3.05) is 18.1 Å². The van der Waals surface area contributed by atoms with Gasteiger partial charge in [0.1, 0.15) is 0 Å². The maximum absolute atomic E-state index is 13.3. The summed E-state index contributed by atoms with van der Waals surface area (Å²) >= 11 is 7.73. The summed E-state index contributed by atoms with van der Waals surface area (Å²) < 4.78 is 5.76. The first-order valence-electron chi connectivity index (χ1n) is 8.91. The second-order valence-electron chi connectivity index (χ2n) is 6.41. The zero-order valence-electron chi connectivity index (χ0n) is 14.7. The fourth-order valence-electron chi connectivity index (χ4n) is 3.15. The number of ether oxygens (including phenoxy) is 1. The fraction of sp³-hybridized carbons (Fsp3) is 0.238. The molecule has 1 atom stereocenters. The highest BCUT2D eigenvalue weighted by Gasteiger charge is 2.27. The predicted molar refractivity (Wildman–Crippen MR) is 110 cm³/mol. The number of carbonyl (C=O) groups excluding carboxylic acids is 1. The molecule has 0 radical (unpaired) electrons. The predicted octanol–water partition coefficient (Wildman–Crippen LogP) is 5.29. The van der Waals surface area contributed by atoms with E-state index in [0.717, 1.165) is 30.7 Å². The summed E-state index contributed by atoms with van der Waals surface area (Å²) in [7, 11) is 0. The molecule has 1 aliphatic rings. The number of hydrogen-bond acceptors (Lipinski definition) is 4. The van der Waals surface area contributed by atoms with Crippen LogP contribution in [0.25, 0.3) is 11.3 Å². The lowest BCUT2D eigenvalue weighted by Crippen LogP contribution is -2.37. The number of anilines is 1. The summed E-state index contributed by atoms with van der Waals surface area (Å²) in [6.07, 6.45) is 2.00. The maximum atomic E-state index is 13.3. The van der Waals surface area contributed by atoms with Gasteiger partial charge in [-0.3, -0.25) is 9.69 Å². The normalized spacial score (nSPS) is 16.4. The van der Waals surface area contributed by atoms with Gasteiger partial charge in [-0.15, -0.1) is 11.3 Å². The average Bonchev–Trinajstić information content (AvgIpc) is 3.39. The molecule has 2 aromatic carbocycles. The van der Waals surface area contributed by atoms with Gasteiger partial charge in [-0.05, 0) is 25.0 Å². The third-order valence-electron chi connectivity index (χ3n) is 4.55. The van der Waals surface area contributed by atoms with Crippen molar-refractivity contribution in [1.29, 1.82) is 0 Å². The van der Waals surface area contributed by atoms with E-state index in [0.29, 0.717) is 22.3 Å². The molecule has 3 aromatic rings. The van der Waals surface area contributed by atoms with E-state index >= 15 is 0 Å². The lowest BCUT2D eigenvalue weighted by Gasteiger charge is -2.23. The van der Waals surface area contributed by atoms with Gasteiger partial charge in [0, 0.05) is 17.6 Å². The van der Waals surface area contributed by atoms with Gasteiger partial charge in [-0.1, -0.05) is 54.1 Å². The third kappa shape index (κ3) is 4.05. The first-order chi connectivity index (χ1) is 13.2. The molecule has 4 nitrogen and oxygen atoms in total. The first kappa shape index (κ1) is 18.2. The van der Waals surface area contributed by atoms with E-state index in [1.165, 1.54) is 11.3 Å². The minimum absolute atomic E-state index is 0.0283. The molecule has 138 valence electrons. The van der Waals surface area contributed by atoms with E-state index in [9.17, 15) is 4.79 Å². The Labute approximate surface area is 167 Å². The Bertz CT molecular complexity index is 923. The van der Waals surface area contributed by atoms with Crippen LogP contribution in [0.1, 0.15) is 23.2 Å². The van der Waals surface area contributed by atoms with Crippen LogP contribution in [0.4, 0.5) is 5.13 Å². The Morgan fingerprint density at radius 2 is 1.96 bits per heavy atom. The Hall–Kier alpha value is -2.21. The molecule has 0 spiro atoms. The Morgan fingerprint density at radius 1 is 1.19 bits per heavy atom. The number of aromatic nitrogens is 1. The van der Waals surface area contributed by atoms with Gasteiger partial charge in [0.05, 0.1) is 28.9 Å². The molecule has 1 unspecified atom stereocenters. The number of thiazole rings is 1. The van der Waals surface area contributed by atoms with Crippen LogP contribution in [0, 0.1) is 0 Å². The second-order valence-corrected chi connectivity index (χ2v) is 7.66. The van der Waals surface area contributed by atoms with Crippen LogP contribution < -0.4 is 4.90 Å². The molecular formula is C21H19ClN2O2S. The lowest BCUT2D eigenvalue weighted by molar-refractivity contribution is 0.0917. The zero-order valence-corrected chi connectivity index (χ0v) is 16.2. The minimum atomic E-state index is -0.148. The maximum Gasteiger partial charge on any atom is 0.261 e. The van der Waals surface area contributed by atoms with Crippen LogP contribution in [0.2, 0.25) is 5.02 Å². The van der Waals surface area contributed by atoms with Gasteiger partial charge < -0.3 is 4.74 Å². The Balaban J connectivity index is 1.67. The second kappa shape index (κ2) is 8.21. The van der Waals surface area contributed by atoms with Crippen LogP contribution in [0.15, 0.2) is 60.0 Å². The highest BCUT2D eigenvalue weighted by atomic mass is 35.5. The molecule has 1 amide bonds. The van der Waals surface area contributed by atoms with Crippen molar-refractivity contribution in [2.45, 2.75) is 18.9 Å². The number of carbonyl (C=O) groups is 1. The number of amides is 1. The van der Waals surface area contributed by atoms with Crippen LogP contribution in [0.3, 0.4) is 0 Å². The largest absolute Gasteiger partial charge is 0.376 e. The molecule has 1 fully saturated rings. The zero-order chi connectivity index (χ0) is 18.6. The molecule has 2 heterocycles. The van der Waals surface area contributed by atoms with Crippen molar-refractivity contribution in [3.63, 3.8) is 0 Å². The minimum Gasteiger partial charge on any atom is -0.376 e. The molecule has 0 bridgehead atoms. The standard InChI is InChI=1S/C21H19ClN2O2S/c22-18-11-5-4-10-17(18)20(25)24(13-16-9-6-12-26-16)21-23-19(14-27-21)15-7-2-1-3-8-15/h1-5,7-8,10-11,14,16H,6,9,12-13H2. The quantitative estimate of drug-likeness (QED) is 0.586. The number of nitrogens with zero attached hydrogens (tertiary/aromatic N) is 2. The summed E-state index contributed by atoms with van der Waals surface area (Å²) in [6.45, 7) is 1.22. The molecule has 0 N–H and O–H groups in total. The summed E-state index contributed by atoms with van der Waals surface area (Å²) in [4.78, 5) is 19.7. The SMILES string of the molecule is O=C(c1ccccc1Cl)N(CC1CCCO1)c1nc(-c2ccccc2)cs1. The van der Waals surface area contributed by atoms with Crippen molar-refractivity contribution < 1.29 is 9.53 Å². The van der Waals surface area contributed by atoms with Crippen LogP contribution in [0.5, 0.6) is 0 Å². The van der Waals surface area contributed by atoms with Crippen molar-refractivity contribution in [3.05, 3.63) is 70.6 Å². The van der Waals surface area contributed by atoms with E-state index in [4.69, 9.17) is 21.3 Å². The van der Waals surface area contributed by atoms with E-state index in [-0.39, 0.29) is 12.0 Å². The van der Waals surface area contributed by atoms with Gasteiger partial charge in [-0.2, -0.15) is 0 Å². The average molecular weight is 399 g/mol. The highest BCUT2D eigenvalue weighted by molar-refractivity contribution is 7.14. The van der Waals surface area contributed by atoms with Gasteiger partial charge in [0.25, 0.3) is 5.91 Å². The molecule has 1 saturated heterocycles.